The summed E-state index contributed by atoms with van der Waals surface area (Å²) >= 11 is 3.33. The maximum Gasteiger partial charge on any atom is 0.334 e. The van der Waals surface area contributed by atoms with Crippen molar-refractivity contribution in [3.8, 4) is 0 Å². The average molecular weight is 561 g/mol. The molecule has 0 saturated carbocycles. The quantitative estimate of drug-likeness (QED) is 0.202. The summed E-state index contributed by atoms with van der Waals surface area (Å²) in [6.07, 6.45) is 16.6. The van der Waals surface area contributed by atoms with Crippen molar-refractivity contribution in [3.63, 3.8) is 0 Å². The fraction of sp³-hybridized carbons (Fsp3) is 0.516. The smallest absolute Gasteiger partial charge is 0.334 e. The number of unbranched alkanes of at least 4 members (excludes halogenated alkanes) is 7. The molecule has 1 unspecified atom stereocenters. The summed E-state index contributed by atoms with van der Waals surface area (Å²) in [4.78, 5) is 15.2. The molecular weight excluding hydrogens is 515 g/mol. The number of thioether (sulfide) groups is 1. The topological polar surface area (TPSA) is 66.6 Å². The molecule has 2 heterocycles. The highest BCUT2D eigenvalue weighted by atomic mass is 32.2. The van der Waals surface area contributed by atoms with Crippen LogP contribution in [-0.2, 0) is 17.8 Å². The van der Waals surface area contributed by atoms with Crippen molar-refractivity contribution >= 4 is 29.1 Å². The maximum absolute atomic E-state index is 13.0. The van der Waals surface area contributed by atoms with E-state index in [2.05, 4.69) is 17.9 Å². The van der Waals surface area contributed by atoms with Gasteiger partial charge in [0.1, 0.15) is 11.2 Å². The number of rotatable bonds is 16. The molecule has 1 atom stereocenters. The molecule has 2 aromatic rings. The Balaban J connectivity index is 0.000000391. The van der Waals surface area contributed by atoms with E-state index in [1.54, 1.807) is 35.2 Å². The van der Waals surface area contributed by atoms with E-state index in [-0.39, 0.29) is 11.2 Å². The molecular formula is C31H45FN2O2S2. The van der Waals surface area contributed by atoms with E-state index in [9.17, 15) is 14.3 Å². The Labute approximate surface area is 237 Å². The summed E-state index contributed by atoms with van der Waals surface area (Å²) < 4.78 is 13.0. The fourth-order valence-electron chi connectivity index (χ4n) is 4.31. The molecule has 3 rings (SSSR count). The second-order valence-electron chi connectivity index (χ2n) is 9.69. The molecule has 0 saturated heterocycles. The van der Waals surface area contributed by atoms with Crippen LogP contribution in [0.5, 0.6) is 0 Å². The highest BCUT2D eigenvalue weighted by molar-refractivity contribution is 8.00. The number of carbonyl (C=O) groups is 1. The third kappa shape index (κ3) is 12.2. The minimum atomic E-state index is -0.857. The summed E-state index contributed by atoms with van der Waals surface area (Å²) in [6.45, 7) is 5.69. The number of hydrogen-bond donors (Lipinski definition) is 2. The monoisotopic (exact) mass is 560 g/mol. The molecule has 7 heteroatoms. The zero-order valence-electron chi connectivity index (χ0n) is 23.0. The predicted octanol–water partition coefficient (Wildman–Crippen LogP) is 8.40. The van der Waals surface area contributed by atoms with Gasteiger partial charge in [-0.05, 0) is 79.3 Å². The van der Waals surface area contributed by atoms with Crippen LogP contribution in [0.25, 0.3) is 0 Å². The lowest BCUT2D eigenvalue weighted by molar-refractivity contribution is -0.133. The number of benzene rings is 1. The summed E-state index contributed by atoms with van der Waals surface area (Å²) in [6, 6.07) is 10.6. The standard InChI is InChI=1S/C21H22FNO2S2.C10H23N/c1-15-10-11-23(14-18-5-3-12-26-18)20(19(15)21(24)25)27-13-2-4-16-6-8-17(22)9-7-16;1-2-3-4-5-6-7-8-9-10-11/h3,5-12,20H,2,4,13-14H2,1H3,(H,24,25);2-11H2,1H3. The number of aliphatic carboxylic acids is 1. The van der Waals surface area contributed by atoms with Gasteiger partial charge in [0.25, 0.3) is 0 Å². The first-order chi connectivity index (χ1) is 18.5. The molecule has 1 aliphatic heterocycles. The number of carboxylic acid groups (broad SMARTS) is 1. The van der Waals surface area contributed by atoms with E-state index >= 15 is 0 Å². The maximum atomic E-state index is 13.0. The molecule has 0 fully saturated rings. The number of hydrogen-bond acceptors (Lipinski definition) is 5. The molecule has 1 aromatic heterocycles. The third-order valence-electron chi connectivity index (χ3n) is 6.49. The van der Waals surface area contributed by atoms with E-state index in [0.29, 0.717) is 12.1 Å². The van der Waals surface area contributed by atoms with Crippen molar-refractivity contribution in [1.29, 1.82) is 0 Å². The van der Waals surface area contributed by atoms with E-state index in [0.717, 1.165) is 36.3 Å². The Hall–Kier alpha value is -2.09. The lowest BCUT2D eigenvalue weighted by Crippen LogP contribution is -2.35. The van der Waals surface area contributed by atoms with Crippen LogP contribution >= 0.6 is 23.1 Å². The lowest BCUT2D eigenvalue weighted by atomic mass is 10.1. The molecule has 0 bridgehead atoms. The molecule has 3 N–H and O–H groups in total. The van der Waals surface area contributed by atoms with E-state index in [1.807, 2.05) is 30.6 Å². The van der Waals surface area contributed by atoms with Gasteiger partial charge in [-0.1, -0.05) is 70.1 Å². The SMILES string of the molecule is CC1=C(C(=O)O)C(SCCCc2ccc(F)cc2)N(Cc2cccs2)C=C1.CCCCCCCCCCN. The lowest BCUT2D eigenvalue weighted by Gasteiger charge is -2.34. The van der Waals surface area contributed by atoms with Crippen LogP contribution in [-0.4, -0.2) is 33.6 Å². The van der Waals surface area contributed by atoms with Gasteiger partial charge in [-0.25, -0.2) is 9.18 Å². The van der Waals surface area contributed by atoms with Crippen LogP contribution in [0.4, 0.5) is 4.39 Å². The Bertz CT molecular complexity index is 966. The number of halogens is 1. The highest BCUT2D eigenvalue weighted by Gasteiger charge is 2.29. The van der Waals surface area contributed by atoms with Gasteiger partial charge in [0, 0.05) is 11.1 Å². The zero-order chi connectivity index (χ0) is 27.6. The summed E-state index contributed by atoms with van der Waals surface area (Å²) in [5.74, 6) is -0.247. The first-order valence-corrected chi connectivity index (χ1v) is 15.9. The van der Waals surface area contributed by atoms with Crippen molar-refractivity contribution in [3.05, 3.63) is 81.5 Å². The third-order valence-corrected chi connectivity index (χ3v) is 8.70. The van der Waals surface area contributed by atoms with Gasteiger partial charge in [-0.3, -0.25) is 0 Å². The van der Waals surface area contributed by atoms with Crippen molar-refractivity contribution < 1.29 is 14.3 Å². The minimum absolute atomic E-state index is 0.206. The first-order valence-electron chi connectivity index (χ1n) is 13.9. The van der Waals surface area contributed by atoms with Gasteiger partial charge in [-0.15, -0.1) is 23.1 Å². The van der Waals surface area contributed by atoms with Gasteiger partial charge in [0.05, 0.1) is 12.1 Å². The van der Waals surface area contributed by atoms with Gasteiger partial charge < -0.3 is 15.7 Å². The number of carboxylic acids is 1. The van der Waals surface area contributed by atoms with Gasteiger partial charge in [0.2, 0.25) is 0 Å². The number of aryl methyl sites for hydroxylation is 1. The summed E-state index contributed by atoms with van der Waals surface area (Å²) in [5, 5.41) is 11.5. The first kappa shape index (κ1) is 32.1. The predicted molar refractivity (Wildman–Crippen MR) is 162 cm³/mol. The van der Waals surface area contributed by atoms with Crippen LogP contribution in [0.1, 0.15) is 82.1 Å². The van der Waals surface area contributed by atoms with E-state index in [1.165, 1.54) is 68.4 Å². The Morgan fingerprint density at radius 3 is 2.34 bits per heavy atom. The number of allylic oxidation sites excluding steroid dienone is 2. The molecule has 210 valence electrons. The van der Waals surface area contributed by atoms with Crippen LogP contribution in [0.3, 0.4) is 0 Å². The Morgan fingerprint density at radius 2 is 1.74 bits per heavy atom. The van der Waals surface area contributed by atoms with Crippen LogP contribution in [0, 0.1) is 5.82 Å². The molecule has 0 radical (unpaired) electrons. The molecule has 0 amide bonds. The van der Waals surface area contributed by atoms with Crippen LogP contribution in [0.15, 0.2) is 65.2 Å². The second-order valence-corrected chi connectivity index (χ2v) is 11.9. The van der Waals surface area contributed by atoms with Crippen molar-refractivity contribution in [2.24, 2.45) is 5.73 Å². The summed E-state index contributed by atoms with van der Waals surface area (Å²) in [5.41, 5.74) is 7.75. The number of thiophene rings is 1. The number of nitrogens with two attached hydrogens (primary N) is 1. The average Bonchev–Trinajstić information content (AvgIpc) is 3.42. The van der Waals surface area contributed by atoms with Crippen LogP contribution in [0.2, 0.25) is 0 Å². The van der Waals surface area contributed by atoms with E-state index < -0.39 is 5.97 Å². The second kappa shape index (κ2) is 19.0. The Kier molecular flexibility index (Phi) is 16.1. The minimum Gasteiger partial charge on any atom is -0.478 e. The number of nitrogens with zero attached hydrogens (tertiary/aromatic N) is 1. The van der Waals surface area contributed by atoms with Crippen molar-refractivity contribution in [1.82, 2.24) is 4.90 Å². The van der Waals surface area contributed by atoms with Gasteiger partial charge >= 0.3 is 5.97 Å². The highest BCUT2D eigenvalue weighted by Crippen LogP contribution is 2.33. The van der Waals surface area contributed by atoms with Gasteiger partial charge in [0.15, 0.2) is 0 Å². The van der Waals surface area contributed by atoms with Crippen molar-refractivity contribution in [2.75, 3.05) is 12.3 Å². The molecule has 0 aliphatic carbocycles. The normalized spacial score (nSPS) is 14.9. The molecule has 38 heavy (non-hydrogen) atoms. The van der Waals surface area contributed by atoms with Crippen molar-refractivity contribution in [2.45, 2.75) is 90.0 Å². The largest absolute Gasteiger partial charge is 0.478 e. The van der Waals surface area contributed by atoms with Crippen LogP contribution < -0.4 is 5.73 Å². The fourth-order valence-corrected chi connectivity index (χ4v) is 6.34. The molecule has 4 nitrogen and oxygen atoms in total. The van der Waals surface area contributed by atoms with E-state index in [4.69, 9.17) is 5.73 Å². The molecule has 0 spiro atoms. The molecule has 1 aliphatic rings. The van der Waals surface area contributed by atoms with Gasteiger partial charge in [-0.2, -0.15) is 0 Å². The Morgan fingerprint density at radius 1 is 1.05 bits per heavy atom. The molecule has 1 aromatic carbocycles. The summed E-state index contributed by atoms with van der Waals surface area (Å²) in [7, 11) is 0. The zero-order valence-corrected chi connectivity index (χ0v) is 24.7.